The molecule has 0 heterocycles. The Balaban J connectivity index is 1.87. The first-order valence-electron chi connectivity index (χ1n) is 10.00. The molecule has 0 fully saturated rings. The highest BCUT2D eigenvalue weighted by Crippen LogP contribution is 2.31. The van der Waals surface area contributed by atoms with Gasteiger partial charge in [0.25, 0.3) is 0 Å². The number of carbonyl (C=O) groups excluding carboxylic acids is 1. The van der Waals surface area contributed by atoms with Gasteiger partial charge < -0.3 is 20.3 Å². The van der Waals surface area contributed by atoms with Crippen molar-refractivity contribution in [3.05, 3.63) is 52.5 Å². The van der Waals surface area contributed by atoms with Gasteiger partial charge in [0, 0.05) is 17.9 Å². The summed E-state index contributed by atoms with van der Waals surface area (Å²) in [5.41, 5.74) is 0.626. The molecule has 1 amide bonds. The normalized spacial score (nSPS) is 11.5. The van der Waals surface area contributed by atoms with Gasteiger partial charge in [0.2, 0.25) is 5.91 Å². The topological polar surface area (TPSA) is 53.6 Å². The van der Waals surface area contributed by atoms with E-state index >= 15 is 0 Å². The van der Waals surface area contributed by atoms with Gasteiger partial charge in [-0.3, -0.25) is 4.79 Å². The number of hydrogen-bond acceptors (Lipinski definition) is 4. The maximum Gasteiger partial charge on any atom is 0.416 e. The first kappa shape index (κ1) is 24.8. The monoisotopic (exact) mass is 457 g/mol. The zero-order chi connectivity index (χ0) is 23.0. The van der Waals surface area contributed by atoms with E-state index in [1.54, 1.807) is 25.1 Å². The summed E-state index contributed by atoms with van der Waals surface area (Å²) in [6, 6.07) is 8.29. The summed E-state index contributed by atoms with van der Waals surface area (Å²) < 4.78 is 43.9. The first-order chi connectivity index (χ1) is 14.6. The van der Waals surface area contributed by atoms with Crippen molar-refractivity contribution in [2.24, 2.45) is 0 Å². The summed E-state index contributed by atoms with van der Waals surface area (Å²) in [5.74, 6) is 0.177. The zero-order valence-corrected chi connectivity index (χ0v) is 18.5. The van der Waals surface area contributed by atoms with Crippen LogP contribution in [-0.4, -0.2) is 43.6 Å². The van der Waals surface area contributed by atoms with E-state index in [1.807, 2.05) is 0 Å². The first-order valence-corrected chi connectivity index (χ1v) is 10.4. The van der Waals surface area contributed by atoms with Crippen molar-refractivity contribution >= 4 is 28.9 Å². The molecule has 0 aliphatic heterocycles. The Morgan fingerprint density at radius 1 is 1.13 bits per heavy atom. The lowest BCUT2D eigenvalue weighted by molar-refractivity contribution is -0.137. The van der Waals surface area contributed by atoms with E-state index in [0.29, 0.717) is 34.3 Å². The summed E-state index contributed by atoms with van der Waals surface area (Å²) in [7, 11) is 0. The number of likely N-dealkylation sites (N-methyl/N-ethyl adjacent to an activating group) is 1. The number of carbonyl (C=O) groups is 1. The third-order valence-electron chi connectivity index (χ3n) is 4.77. The number of anilines is 2. The summed E-state index contributed by atoms with van der Waals surface area (Å²) in [5, 5.41) is 5.92. The maximum atomic E-state index is 12.7. The number of amides is 1. The van der Waals surface area contributed by atoms with Crippen LogP contribution >= 0.6 is 11.6 Å². The number of alkyl halides is 3. The van der Waals surface area contributed by atoms with Crippen LogP contribution < -0.4 is 15.4 Å². The standard InChI is InChI=1S/C22H27ClF3N3O2/c1-4-29(5-2)10-11-31-20-9-7-17(13-18(20)23)28-21(30)14-27-19-8-6-16(12-15(19)3)22(24,25)26/h6-9,12-13,27H,4-5,10-11,14H2,1-3H3,(H,28,30). The van der Waals surface area contributed by atoms with Crippen molar-refractivity contribution in [1.82, 2.24) is 4.90 Å². The Bertz CT molecular complexity index is 887. The van der Waals surface area contributed by atoms with Crippen LogP contribution in [0, 0.1) is 6.92 Å². The van der Waals surface area contributed by atoms with E-state index in [2.05, 4.69) is 29.4 Å². The molecule has 0 bridgehead atoms. The second-order valence-electron chi connectivity index (χ2n) is 6.95. The molecular formula is C22H27ClF3N3O2. The zero-order valence-electron chi connectivity index (χ0n) is 17.8. The minimum Gasteiger partial charge on any atom is -0.491 e. The van der Waals surface area contributed by atoms with E-state index in [9.17, 15) is 18.0 Å². The SMILES string of the molecule is CCN(CC)CCOc1ccc(NC(=O)CNc2ccc(C(F)(F)F)cc2C)cc1Cl. The molecule has 31 heavy (non-hydrogen) atoms. The van der Waals surface area contributed by atoms with Crippen molar-refractivity contribution in [2.45, 2.75) is 26.9 Å². The molecule has 2 rings (SSSR count). The van der Waals surface area contributed by atoms with Crippen molar-refractivity contribution in [3.8, 4) is 5.75 Å². The highest BCUT2D eigenvalue weighted by Gasteiger charge is 2.30. The minimum atomic E-state index is -4.40. The van der Waals surface area contributed by atoms with Gasteiger partial charge in [-0.25, -0.2) is 0 Å². The number of hydrogen-bond donors (Lipinski definition) is 2. The summed E-state index contributed by atoms with van der Waals surface area (Å²) in [4.78, 5) is 14.4. The molecule has 170 valence electrons. The fourth-order valence-electron chi connectivity index (χ4n) is 2.94. The molecule has 9 heteroatoms. The van der Waals surface area contributed by atoms with Crippen LogP contribution in [0.25, 0.3) is 0 Å². The van der Waals surface area contributed by atoms with Crippen molar-refractivity contribution < 1.29 is 22.7 Å². The molecule has 2 aromatic rings. The van der Waals surface area contributed by atoms with Crippen LogP contribution in [0.15, 0.2) is 36.4 Å². The van der Waals surface area contributed by atoms with Crippen LogP contribution in [0.4, 0.5) is 24.5 Å². The van der Waals surface area contributed by atoms with E-state index in [-0.39, 0.29) is 12.5 Å². The lowest BCUT2D eigenvalue weighted by atomic mass is 10.1. The lowest BCUT2D eigenvalue weighted by Gasteiger charge is -2.18. The number of aryl methyl sites for hydroxylation is 1. The summed E-state index contributed by atoms with van der Waals surface area (Å²) in [6.07, 6.45) is -4.40. The average Bonchev–Trinajstić information content (AvgIpc) is 2.71. The van der Waals surface area contributed by atoms with Crippen LogP contribution in [0.2, 0.25) is 5.02 Å². The number of ether oxygens (including phenoxy) is 1. The van der Waals surface area contributed by atoms with E-state index in [1.165, 1.54) is 6.07 Å². The van der Waals surface area contributed by atoms with Crippen LogP contribution in [0.1, 0.15) is 25.0 Å². The highest BCUT2D eigenvalue weighted by atomic mass is 35.5. The quantitative estimate of drug-likeness (QED) is 0.499. The van der Waals surface area contributed by atoms with Gasteiger partial charge in [0.05, 0.1) is 17.1 Å². The fourth-order valence-corrected chi connectivity index (χ4v) is 3.17. The number of rotatable bonds is 10. The molecule has 0 atom stereocenters. The van der Waals surface area contributed by atoms with Gasteiger partial charge in [-0.15, -0.1) is 0 Å². The van der Waals surface area contributed by atoms with Gasteiger partial charge in [-0.2, -0.15) is 13.2 Å². The molecule has 0 saturated heterocycles. The Morgan fingerprint density at radius 3 is 2.42 bits per heavy atom. The molecule has 0 radical (unpaired) electrons. The number of nitrogens with one attached hydrogen (secondary N) is 2. The largest absolute Gasteiger partial charge is 0.491 e. The van der Waals surface area contributed by atoms with Crippen LogP contribution in [0.5, 0.6) is 5.75 Å². The fraction of sp³-hybridized carbons (Fsp3) is 0.409. The highest BCUT2D eigenvalue weighted by molar-refractivity contribution is 6.32. The number of benzene rings is 2. The average molecular weight is 458 g/mol. The van der Waals surface area contributed by atoms with Gasteiger partial charge >= 0.3 is 6.18 Å². The molecule has 2 aromatic carbocycles. The molecule has 5 nitrogen and oxygen atoms in total. The predicted octanol–water partition coefficient (Wildman–Crippen LogP) is 5.44. The van der Waals surface area contributed by atoms with Gasteiger partial charge in [-0.05, 0) is 62.0 Å². The minimum absolute atomic E-state index is 0.105. The second-order valence-corrected chi connectivity index (χ2v) is 7.36. The number of halogens is 4. The molecule has 2 N–H and O–H groups in total. The van der Waals surface area contributed by atoms with E-state index in [4.69, 9.17) is 16.3 Å². The van der Waals surface area contributed by atoms with Crippen LogP contribution in [-0.2, 0) is 11.0 Å². The third kappa shape index (κ3) is 7.63. The van der Waals surface area contributed by atoms with Gasteiger partial charge in [0.15, 0.2) is 0 Å². The Kier molecular flexibility index (Phi) is 9.00. The molecule has 0 aliphatic carbocycles. The second kappa shape index (κ2) is 11.2. The summed E-state index contributed by atoms with van der Waals surface area (Å²) >= 11 is 6.24. The third-order valence-corrected chi connectivity index (χ3v) is 5.06. The van der Waals surface area contributed by atoms with Gasteiger partial charge in [-0.1, -0.05) is 25.4 Å². The molecule has 0 aliphatic rings. The Morgan fingerprint density at radius 2 is 1.84 bits per heavy atom. The van der Waals surface area contributed by atoms with E-state index in [0.717, 1.165) is 31.8 Å². The van der Waals surface area contributed by atoms with Crippen molar-refractivity contribution in [1.29, 1.82) is 0 Å². The predicted molar refractivity (Wildman–Crippen MR) is 118 cm³/mol. The molecule has 0 unspecified atom stereocenters. The van der Waals surface area contributed by atoms with Gasteiger partial charge in [0.1, 0.15) is 12.4 Å². The van der Waals surface area contributed by atoms with Crippen molar-refractivity contribution in [3.63, 3.8) is 0 Å². The Hall–Kier alpha value is -2.45. The molecule has 0 aromatic heterocycles. The maximum absolute atomic E-state index is 12.7. The van der Waals surface area contributed by atoms with Crippen LogP contribution in [0.3, 0.4) is 0 Å². The Labute approximate surface area is 185 Å². The smallest absolute Gasteiger partial charge is 0.416 e. The van der Waals surface area contributed by atoms with E-state index < -0.39 is 11.7 Å². The summed E-state index contributed by atoms with van der Waals surface area (Å²) in [6.45, 7) is 8.79. The number of nitrogens with zero attached hydrogens (tertiary/aromatic N) is 1. The molecule has 0 spiro atoms. The molecule has 0 saturated carbocycles. The van der Waals surface area contributed by atoms with Crippen molar-refractivity contribution in [2.75, 3.05) is 43.4 Å². The lowest BCUT2D eigenvalue weighted by Crippen LogP contribution is -2.27. The molecular weight excluding hydrogens is 431 g/mol.